The third-order valence-electron chi connectivity index (χ3n) is 11.9. The molecular weight excluding hydrogens is 715 g/mol. The Morgan fingerprint density at radius 3 is 2.28 bits per heavy atom. The summed E-state index contributed by atoms with van der Waals surface area (Å²) in [4.78, 5) is 9.01. The van der Waals surface area contributed by atoms with Crippen LogP contribution in [-0.2, 0) is 0 Å². The van der Waals surface area contributed by atoms with Crippen LogP contribution in [0.4, 0.5) is 17.1 Å². The number of amidine groups is 1. The van der Waals surface area contributed by atoms with Gasteiger partial charge in [0.25, 0.3) is 0 Å². The Morgan fingerprint density at radius 2 is 1.40 bits per heavy atom. The highest BCUT2D eigenvalue weighted by Crippen LogP contribution is 2.50. The number of hydrogen-bond donors (Lipinski definition) is 1. The number of aliphatic imine (C=N–C) groups is 1. The second kappa shape index (κ2) is 12.4. The Hall–Kier alpha value is -7.20. The molecule has 0 fully saturated rings. The van der Waals surface area contributed by atoms with Crippen LogP contribution in [0, 0.1) is 11.3 Å². The summed E-state index contributed by atoms with van der Waals surface area (Å²) < 4.78 is 3.58. The van der Waals surface area contributed by atoms with Crippen molar-refractivity contribution in [3.8, 4) is 11.8 Å². The van der Waals surface area contributed by atoms with Crippen LogP contribution >= 0.6 is 11.3 Å². The predicted molar refractivity (Wildman–Crippen MR) is 236 cm³/mol. The highest BCUT2D eigenvalue weighted by molar-refractivity contribution is 7.19. The highest BCUT2D eigenvalue weighted by atomic mass is 32.1. The fraction of sp³-hybridized carbons (Fsp3) is 0.0588. The fourth-order valence-corrected chi connectivity index (χ4v) is 10.6. The van der Waals surface area contributed by atoms with Gasteiger partial charge in [0.1, 0.15) is 5.84 Å². The predicted octanol–water partition coefficient (Wildman–Crippen LogP) is 12.5. The molecule has 4 heterocycles. The van der Waals surface area contributed by atoms with Gasteiger partial charge in [-0.3, -0.25) is 0 Å². The third kappa shape index (κ3) is 4.89. The highest BCUT2D eigenvalue weighted by Gasteiger charge is 2.38. The van der Waals surface area contributed by atoms with Crippen molar-refractivity contribution in [1.82, 2.24) is 9.88 Å². The number of allylic oxidation sites excluding steroid dienone is 2. The topological polar surface area (TPSA) is 56.4 Å². The maximum atomic E-state index is 10.5. The molecule has 0 saturated heterocycles. The van der Waals surface area contributed by atoms with Gasteiger partial charge >= 0.3 is 0 Å². The molecule has 268 valence electrons. The molecule has 9 aromatic rings. The maximum absolute atomic E-state index is 10.5. The number of nitriles is 1. The zero-order chi connectivity index (χ0) is 37.6. The number of nitrogens with zero attached hydrogens (tertiary/aromatic N) is 4. The van der Waals surface area contributed by atoms with E-state index >= 15 is 0 Å². The first kappa shape index (κ1) is 32.1. The SMILES string of the molecule is N#Cc1cc(C2=Nc3c(sc4ccccc34)C(c3ccc4c5ccccc5n(-c5ccccc5)c4c3)N2)cc(N2c3cc4ccccc4cc3C3C=CC=CC32)c1. The first-order valence-corrected chi connectivity index (χ1v) is 20.2. The van der Waals surface area contributed by atoms with E-state index in [0.29, 0.717) is 5.56 Å². The van der Waals surface area contributed by atoms with Gasteiger partial charge in [0.05, 0.1) is 45.3 Å². The van der Waals surface area contributed by atoms with Gasteiger partial charge in [-0.2, -0.15) is 5.26 Å². The van der Waals surface area contributed by atoms with Gasteiger partial charge in [-0.15, -0.1) is 11.3 Å². The number of nitrogens with one attached hydrogen (secondary N) is 1. The van der Waals surface area contributed by atoms with Crippen molar-refractivity contribution in [1.29, 1.82) is 5.26 Å². The zero-order valence-corrected chi connectivity index (χ0v) is 31.5. The molecule has 2 aliphatic heterocycles. The van der Waals surface area contributed by atoms with Gasteiger partial charge in [-0.1, -0.05) is 115 Å². The van der Waals surface area contributed by atoms with E-state index in [4.69, 9.17) is 4.99 Å². The minimum atomic E-state index is -0.166. The molecule has 0 saturated carbocycles. The number of thiophene rings is 1. The van der Waals surface area contributed by atoms with Crippen LogP contribution in [0.2, 0.25) is 0 Å². The molecule has 3 aliphatic rings. The van der Waals surface area contributed by atoms with E-state index in [-0.39, 0.29) is 18.0 Å². The second-order valence-electron chi connectivity index (χ2n) is 15.1. The van der Waals surface area contributed by atoms with E-state index in [1.807, 2.05) is 12.1 Å². The van der Waals surface area contributed by atoms with Crippen molar-refractivity contribution in [2.45, 2.75) is 18.0 Å². The number of fused-ring (bicyclic) bond motifs is 10. The van der Waals surface area contributed by atoms with Gasteiger partial charge in [0, 0.05) is 49.4 Å². The van der Waals surface area contributed by atoms with Crippen LogP contribution in [-0.4, -0.2) is 16.4 Å². The van der Waals surface area contributed by atoms with Gasteiger partial charge in [0.15, 0.2) is 0 Å². The first-order valence-electron chi connectivity index (χ1n) is 19.4. The molecule has 6 heteroatoms. The lowest BCUT2D eigenvalue weighted by atomic mass is 9.90. The summed E-state index contributed by atoms with van der Waals surface area (Å²) in [5.74, 6) is 0.964. The molecule has 57 heavy (non-hydrogen) atoms. The molecule has 3 unspecified atom stereocenters. The monoisotopic (exact) mass is 747 g/mol. The summed E-state index contributed by atoms with van der Waals surface area (Å²) in [7, 11) is 0. The summed E-state index contributed by atoms with van der Waals surface area (Å²) in [5.41, 5.74) is 10.5. The molecule has 7 aromatic carbocycles. The number of anilines is 2. The molecule has 0 radical (unpaired) electrons. The second-order valence-corrected chi connectivity index (χ2v) is 16.2. The van der Waals surface area contributed by atoms with Crippen LogP contribution in [0.5, 0.6) is 0 Å². The van der Waals surface area contributed by atoms with E-state index in [1.54, 1.807) is 11.3 Å². The van der Waals surface area contributed by atoms with Crippen LogP contribution in [0.25, 0.3) is 48.4 Å². The molecule has 0 bridgehead atoms. The summed E-state index contributed by atoms with van der Waals surface area (Å²) >= 11 is 1.80. The lowest BCUT2D eigenvalue weighted by molar-refractivity contribution is 0.744. The minimum Gasteiger partial charge on any atom is -0.358 e. The van der Waals surface area contributed by atoms with E-state index in [2.05, 4.69) is 185 Å². The molecule has 2 aromatic heterocycles. The average Bonchev–Trinajstić information content (AvgIpc) is 3.92. The van der Waals surface area contributed by atoms with Crippen LogP contribution in [0.1, 0.15) is 39.1 Å². The summed E-state index contributed by atoms with van der Waals surface area (Å²) in [6, 6.07) is 56.6. The van der Waals surface area contributed by atoms with Crippen molar-refractivity contribution < 1.29 is 0 Å². The zero-order valence-electron chi connectivity index (χ0n) is 30.7. The first-order chi connectivity index (χ1) is 28.2. The normalized spacial score (nSPS) is 18.1. The van der Waals surface area contributed by atoms with Gasteiger partial charge in [-0.25, -0.2) is 4.99 Å². The van der Waals surface area contributed by atoms with E-state index in [0.717, 1.165) is 44.9 Å². The van der Waals surface area contributed by atoms with Crippen molar-refractivity contribution in [3.63, 3.8) is 0 Å². The lowest BCUT2D eigenvalue weighted by Gasteiger charge is -2.30. The Morgan fingerprint density at radius 1 is 0.649 bits per heavy atom. The number of para-hydroxylation sites is 2. The Kier molecular flexibility index (Phi) is 6.98. The lowest BCUT2D eigenvalue weighted by Crippen LogP contribution is -2.33. The molecule has 0 amide bonds. The molecular formula is C51H33N5S. The molecule has 5 nitrogen and oxygen atoms in total. The smallest absolute Gasteiger partial charge is 0.134 e. The van der Waals surface area contributed by atoms with Gasteiger partial charge < -0.3 is 14.8 Å². The largest absolute Gasteiger partial charge is 0.358 e. The standard InChI is InChI=1S/C51H33N5S/c52-30-31-24-35(26-37(25-31)56-44-20-10-7-17-39(44)42-27-32-12-4-5-13-33(32)28-46(42)56)51-53-48(50-49(54-51)41-18-8-11-21-47(41)57-50)34-22-23-40-38-16-6-9-19-43(38)55(45(40)29-34)36-14-2-1-3-15-36/h1-29,39,44,48H,(H,53,54). The minimum absolute atomic E-state index is 0.0909. The molecule has 1 N–H and O–H groups in total. The Balaban J connectivity index is 1.03. The van der Waals surface area contributed by atoms with Crippen molar-refractivity contribution >= 4 is 76.9 Å². The number of hydrogen-bond acceptors (Lipinski definition) is 5. The number of benzene rings is 7. The average molecular weight is 748 g/mol. The molecule has 1 aliphatic carbocycles. The molecule has 3 atom stereocenters. The van der Waals surface area contributed by atoms with Crippen molar-refractivity contribution in [3.05, 3.63) is 203 Å². The van der Waals surface area contributed by atoms with Crippen molar-refractivity contribution in [2.75, 3.05) is 4.90 Å². The quantitative estimate of drug-likeness (QED) is 0.195. The third-order valence-corrected chi connectivity index (χ3v) is 13.1. The summed E-state index contributed by atoms with van der Waals surface area (Å²) in [6.45, 7) is 0. The maximum Gasteiger partial charge on any atom is 0.134 e. The summed E-state index contributed by atoms with van der Waals surface area (Å²) in [5, 5.41) is 20.5. The summed E-state index contributed by atoms with van der Waals surface area (Å²) in [6.07, 6.45) is 8.89. The van der Waals surface area contributed by atoms with E-state index in [1.165, 1.54) is 47.9 Å². The Bertz CT molecular complexity index is 3270. The van der Waals surface area contributed by atoms with Crippen LogP contribution in [0.3, 0.4) is 0 Å². The molecule has 0 spiro atoms. The van der Waals surface area contributed by atoms with Gasteiger partial charge in [-0.05, 0) is 82.6 Å². The van der Waals surface area contributed by atoms with Crippen LogP contribution < -0.4 is 10.2 Å². The number of rotatable bonds is 4. The van der Waals surface area contributed by atoms with E-state index in [9.17, 15) is 5.26 Å². The van der Waals surface area contributed by atoms with Gasteiger partial charge in [0.2, 0.25) is 0 Å². The fourth-order valence-electron chi connectivity index (χ4n) is 9.39. The van der Waals surface area contributed by atoms with Crippen LogP contribution in [0.15, 0.2) is 181 Å². The number of aromatic nitrogens is 1. The van der Waals surface area contributed by atoms with E-state index < -0.39 is 0 Å². The van der Waals surface area contributed by atoms with Crippen molar-refractivity contribution in [2.24, 2.45) is 4.99 Å². The Labute approximate surface area is 333 Å². The molecule has 12 rings (SSSR count).